The Kier molecular flexibility index (Phi) is 7.33. The van der Waals surface area contributed by atoms with Crippen molar-refractivity contribution in [1.82, 2.24) is 15.6 Å². The van der Waals surface area contributed by atoms with Crippen molar-refractivity contribution in [1.29, 1.82) is 0 Å². The molecular formula is C29H30ClF3N4O3. The molecule has 212 valence electrons. The SMILES string of the molecule is CC(C)(Oc1ccc2ccccc2c1Cl)C(=O)NC12CCCC(CC1)N2c1ccc(C(=O)NCC(F)(F)F)cn1. The van der Waals surface area contributed by atoms with E-state index >= 15 is 0 Å². The highest BCUT2D eigenvalue weighted by molar-refractivity contribution is 6.37. The number of amides is 2. The summed E-state index contributed by atoms with van der Waals surface area (Å²) in [5.41, 5.74) is -1.94. The predicted molar refractivity (Wildman–Crippen MR) is 147 cm³/mol. The van der Waals surface area contributed by atoms with Crippen LogP contribution in [-0.4, -0.2) is 46.8 Å². The van der Waals surface area contributed by atoms with Crippen molar-refractivity contribution in [3.8, 4) is 5.75 Å². The number of carbonyl (C=O) groups is 2. The topological polar surface area (TPSA) is 83.6 Å². The molecule has 2 amide bonds. The van der Waals surface area contributed by atoms with E-state index in [4.69, 9.17) is 16.3 Å². The Labute approximate surface area is 235 Å². The van der Waals surface area contributed by atoms with E-state index in [1.54, 1.807) is 26.0 Å². The number of carbonyl (C=O) groups excluding carboxylic acids is 2. The van der Waals surface area contributed by atoms with Crippen LogP contribution in [0.25, 0.3) is 10.8 Å². The Balaban J connectivity index is 1.34. The van der Waals surface area contributed by atoms with Crippen LogP contribution in [0.4, 0.5) is 19.0 Å². The van der Waals surface area contributed by atoms with Crippen LogP contribution in [0.1, 0.15) is 56.3 Å². The number of hydrogen-bond donors (Lipinski definition) is 2. The highest BCUT2D eigenvalue weighted by Crippen LogP contribution is 2.45. The zero-order valence-electron chi connectivity index (χ0n) is 22.1. The van der Waals surface area contributed by atoms with Gasteiger partial charge in [-0.2, -0.15) is 13.2 Å². The Bertz CT molecular complexity index is 1430. The molecule has 5 rings (SSSR count). The fraction of sp³-hybridized carbons (Fsp3) is 0.414. The zero-order valence-corrected chi connectivity index (χ0v) is 22.9. The highest BCUT2D eigenvalue weighted by Gasteiger charge is 2.52. The first kappa shape index (κ1) is 28.0. The number of halogens is 4. The molecule has 0 saturated carbocycles. The average Bonchev–Trinajstić information content (AvgIpc) is 3.13. The lowest BCUT2D eigenvalue weighted by atomic mass is 9.95. The van der Waals surface area contributed by atoms with E-state index in [2.05, 4.69) is 15.2 Å². The summed E-state index contributed by atoms with van der Waals surface area (Å²) in [5, 5.41) is 7.32. The Morgan fingerprint density at radius 2 is 1.88 bits per heavy atom. The number of anilines is 1. The second kappa shape index (κ2) is 10.5. The van der Waals surface area contributed by atoms with E-state index in [-0.39, 0.29) is 17.5 Å². The number of alkyl halides is 3. The molecule has 0 radical (unpaired) electrons. The van der Waals surface area contributed by atoms with Crippen molar-refractivity contribution in [2.24, 2.45) is 0 Å². The number of pyridine rings is 1. The number of fused-ring (bicyclic) bond motifs is 3. The van der Waals surface area contributed by atoms with Crippen LogP contribution in [-0.2, 0) is 4.79 Å². The van der Waals surface area contributed by atoms with Crippen molar-refractivity contribution in [2.75, 3.05) is 11.4 Å². The number of aromatic nitrogens is 1. The first-order valence-electron chi connectivity index (χ1n) is 13.2. The minimum absolute atomic E-state index is 0.0252. The maximum absolute atomic E-state index is 13.7. The molecule has 11 heteroatoms. The van der Waals surface area contributed by atoms with Gasteiger partial charge in [-0.3, -0.25) is 9.59 Å². The monoisotopic (exact) mass is 574 g/mol. The van der Waals surface area contributed by atoms with Crippen LogP contribution in [0.2, 0.25) is 5.02 Å². The molecule has 3 aromatic rings. The summed E-state index contributed by atoms with van der Waals surface area (Å²) in [6.45, 7) is 1.96. The zero-order chi connectivity index (χ0) is 28.7. The second-order valence-electron chi connectivity index (χ2n) is 10.9. The summed E-state index contributed by atoms with van der Waals surface area (Å²) in [7, 11) is 0. The van der Waals surface area contributed by atoms with Gasteiger partial charge in [0.25, 0.3) is 11.8 Å². The Morgan fingerprint density at radius 1 is 1.10 bits per heavy atom. The molecule has 3 heterocycles. The van der Waals surface area contributed by atoms with Crippen LogP contribution in [0.15, 0.2) is 54.7 Å². The molecule has 0 aliphatic carbocycles. The van der Waals surface area contributed by atoms with Gasteiger partial charge in [0, 0.05) is 17.6 Å². The molecular weight excluding hydrogens is 545 g/mol. The molecule has 2 aromatic carbocycles. The number of nitrogens with one attached hydrogen (secondary N) is 2. The lowest BCUT2D eigenvalue weighted by molar-refractivity contribution is -0.136. The molecule has 2 bridgehead atoms. The number of benzene rings is 2. The average molecular weight is 575 g/mol. The van der Waals surface area contributed by atoms with E-state index in [9.17, 15) is 22.8 Å². The lowest BCUT2D eigenvalue weighted by Crippen LogP contribution is -2.65. The fourth-order valence-electron chi connectivity index (χ4n) is 5.67. The van der Waals surface area contributed by atoms with Crippen LogP contribution in [0.5, 0.6) is 5.75 Å². The van der Waals surface area contributed by atoms with Crippen molar-refractivity contribution in [3.63, 3.8) is 0 Å². The van der Waals surface area contributed by atoms with Gasteiger partial charge in [0.2, 0.25) is 0 Å². The molecule has 0 spiro atoms. The maximum atomic E-state index is 13.7. The van der Waals surface area contributed by atoms with Crippen molar-refractivity contribution in [2.45, 2.75) is 69.4 Å². The van der Waals surface area contributed by atoms with E-state index in [1.165, 1.54) is 12.3 Å². The minimum Gasteiger partial charge on any atom is -0.476 e. The van der Waals surface area contributed by atoms with Crippen LogP contribution in [0, 0.1) is 0 Å². The molecule has 7 nitrogen and oxygen atoms in total. The number of rotatable bonds is 7. The summed E-state index contributed by atoms with van der Waals surface area (Å²) >= 11 is 6.63. The molecule has 2 saturated heterocycles. The standard InChI is InChI=1S/C29H30ClF3N4O3/c1-27(2,40-22-11-9-18-6-3-4-8-21(18)24(22)30)26(39)36-28-14-5-7-20(13-15-28)37(28)23-12-10-19(16-34-23)25(38)35-17-29(31,32)33/h3-4,6,8-12,16,20H,5,7,13-15,17H2,1-2H3,(H,35,38)(H,36,39). The van der Waals surface area contributed by atoms with Crippen molar-refractivity contribution < 1.29 is 27.5 Å². The maximum Gasteiger partial charge on any atom is 0.405 e. The third kappa shape index (κ3) is 5.54. The number of ether oxygens (including phenoxy) is 1. The summed E-state index contributed by atoms with van der Waals surface area (Å²) in [6, 6.07) is 14.5. The Hall–Kier alpha value is -3.53. The predicted octanol–water partition coefficient (Wildman–Crippen LogP) is 6.00. The van der Waals surface area contributed by atoms with Crippen LogP contribution < -0.4 is 20.3 Å². The number of piperidine rings is 1. The summed E-state index contributed by atoms with van der Waals surface area (Å²) in [6.07, 6.45) is 0.824. The fourth-order valence-corrected chi connectivity index (χ4v) is 5.94. The van der Waals surface area contributed by atoms with Crippen molar-refractivity contribution in [3.05, 3.63) is 65.3 Å². The molecule has 2 atom stereocenters. The third-order valence-electron chi connectivity index (χ3n) is 7.64. The second-order valence-corrected chi connectivity index (χ2v) is 11.2. The summed E-state index contributed by atoms with van der Waals surface area (Å²) < 4.78 is 43.6. The van der Waals surface area contributed by atoms with E-state index in [1.807, 2.05) is 35.6 Å². The van der Waals surface area contributed by atoms with Gasteiger partial charge >= 0.3 is 6.18 Å². The van der Waals surface area contributed by atoms with Crippen LogP contribution in [0.3, 0.4) is 0 Å². The van der Waals surface area contributed by atoms with E-state index in [0.717, 1.165) is 30.0 Å². The normalized spacial score (nSPS) is 20.9. The molecule has 40 heavy (non-hydrogen) atoms. The minimum atomic E-state index is -4.50. The van der Waals surface area contributed by atoms with Gasteiger partial charge in [-0.25, -0.2) is 4.98 Å². The van der Waals surface area contributed by atoms with Crippen LogP contribution >= 0.6 is 11.6 Å². The van der Waals surface area contributed by atoms with Gasteiger partial charge in [0.15, 0.2) is 5.60 Å². The molecule has 2 fully saturated rings. The molecule has 2 unspecified atom stereocenters. The van der Waals surface area contributed by atoms with E-state index < -0.39 is 29.9 Å². The first-order valence-corrected chi connectivity index (χ1v) is 13.6. The van der Waals surface area contributed by atoms with Gasteiger partial charge in [0.05, 0.1) is 10.6 Å². The largest absolute Gasteiger partial charge is 0.476 e. The van der Waals surface area contributed by atoms with E-state index in [0.29, 0.717) is 29.4 Å². The van der Waals surface area contributed by atoms with Gasteiger partial charge in [0.1, 0.15) is 23.8 Å². The summed E-state index contributed by atoms with van der Waals surface area (Å²) in [5.74, 6) is -0.213. The van der Waals surface area contributed by atoms with Gasteiger partial charge in [-0.1, -0.05) is 41.9 Å². The smallest absolute Gasteiger partial charge is 0.405 e. The Morgan fingerprint density at radius 3 is 2.60 bits per heavy atom. The molecule has 2 N–H and O–H groups in total. The third-order valence-corrected chi connectivity index (χ3v) is 8.03. The quantitative estimate of drug-likeness (QED) is 0.361. The van der Waals surface area contributed by atoms with Crippen molar-refractivity contribution >= 4 is 40.0 Å². The van der Waals surface area contributed by atoms with Gasteiger partial charge in [-0.05, 0) is 69.5 Å². The molecule has 2 aliphatic heterocycles. The number of hydrogen-bond acceptors (Lipinski definition) is 5. The molecule has 2 aliphatic rings. The highest BCUT2D eigenvalue weighted by atomic mass is 35.5. The lowest BCUT2D eigenvalue weighted by Gasteiger charge is -2.47. The summed E-state index contributed by atoms with van der Waals surface area (Å²) in [4.78, 5) is 32.3. The van der Waals surface area contributed by atoms with Gasteiger partial charge < -0.3 is 20.3 Å². The number of nitrogens with zero attached hydrogens (tertiary/aromatic N) is 2. The first-order chi connectivity index (χ1) is 18.9. The molecule has 1 aromatic heterocycles. The van der Waals surface area contributed by atoms with Gasteiger partial charge in [-0.15, -0.1) is 0 Å².